The molecular formula is C11H18BN3O2. The second-order valence-corrected chi connectivity index (χ2v) is 3.88. The molecule has 0 aliphatic carbocycles. The molecule has 92 valence electrons. The number of nitrogens with zero attached hydrogens (tertiary/aromatic N) is 2. The summed E-state index contributed by atoms with van der Waals surface area (Å²) < 4.78 is 4.54. The van der Waals surface area contributed by atoms with Crippen LogP contribution in [0.15, 0.2) is 0 Å². The van der Waals surface area contributed by atoms with Gasteiger partial charge in [-0.1, -0.05) is 13.8 Å². The van der Waals surface area contributed by atoms with Gasteiger partial charge >= 0.3 is 5.97 Å². The van der Waals surface area contributed by atoms with Gasteiger partial charge < -0.3 is 10.5 Å². The smallest absolute Gasteiger partial charge is 0.357 e. The van der Waals surface area contributed by atoms with Crippen molar-refractivity contribution in [2.45, 2.75) is 33.7 Å². The second-order valence-electron chi connectivity index (χ2n) is 3.88. The Labute approximate surface area is 103 Å². The van der Waals surface area contributed by atoms with Crippen molar-refractivity contribution in [2.24, 2.45) is 5.73 Å². The van der Waals surface area contributed by atoms with Gasteiger partial charge in [0, 0.05) is 11.3 Å². The summed E-state index contributed by atoms with van der Waals surface area (Å²) in [6.07, 6.45) is 0. The van der Waals surface area contributed by atoms with Crippen LogP contribution in [0.25, 0.3) is 0 Å². The van der Waals surface area contributed by atoms with E-state index in [1.807, 2.05) is 13.8 Å². The van der Waals surface area contributed by atoms with Crippen molar-refractivity contribution in [3.8, 4) is 0 Å². The fourth-order valence-electron chi connectivity index (χ4n) is 0.946. The standard InChI is InChI=1S/C8H9BN2O2.C3H9N/c1-4-5(2)10-8(9)11-6(4)7(12)13-3;1-3(2)4/h1-3H3;3H,4H2,1-2H3. The topological polar surface area (TPSA) is 78.1 Å². The van der Waals surface area contributed by atoms with E-state index in [4.69, 9.17) is 13.6 Å². The first-order chi connectivity index (χ1) is 7.79. The molecule has 0 fully saturated rings. The second kappa shape index (κ2) is 7.01. The number of nitrogens with two attached hydrogens (primary N) is 1. The highest BCUT2D eigenvalue weighted by molar-refractivity contribution is 6.29. The summed E-state index contributed by atoms with van der Waals surface area (Å²) in [5, 5.41) is 0. The van der Waals surface area contributed by atoms with Crippen molar-refractivity contribution in [3.63, 3.8) is 0 Å². The van der Waals surface area contributed by atoms with Crippen molar-refractivity contribution >= 4 is 19.5 Å². The lowest BCUT2D eigenvalue weighted by Crippen LogP contribution is -2.21. The number of aryl methyl sites for hydroxylation is 1. The Hall–Kier alpha value is -1.43. The van der Waals surface area contributed by atoms with Crippen molar-refractivity contribution in [1.82, 2.24) is 9.97 Å². The van der Waals surface area contributed by atoms with Gasteiger partial charge in [-0.25, -0.2) is 9.78 Å². The van der Waals surface area contributed by atoms with E-state index < -0.39 is 5.97 Å². The van der Waals surface area contributed by atoms with Gasteiger partial charge in [0.2, 0.25) is 0 Å². The molecule has 5 nitrogen and oxygen atoms in total. The summed E-state index contributed by atoms with van der Waals surface area (Å²) >= 11 is 0. The quantitative estimate of drug-likeness (QED) is 0.548. The van der Waals surface area contributed by atoms with E-state index >= 15 is 0 Å². The van der Waals surface area contributed by atoms with Crippen LogP contribution in [-0.4, -0.2) is 36.9 Å². The number of esters is 1. The number of rotatable bonds is 1. The molecule has 1 rings (SSSR count). The average molecular weight is 235 g/mol. The molecule has 6 heteroatoms. The minimum atomic E-state index is -0.491. The fraction of sp³-hybridized carbons (Fsp3) is 0.545. The van der Waals surface area contributed by atoms with Crippen LogP contribution >= 0.6 is 0 Å². The van der Waals surface area contributed by atoms with Crippen LogP contribution < -0.4 is 11.5 Å². The van der Waals surface area contributed by atoms with Crippen LogP contribution in [-0.2, 0) is 4.74 Å². The summed E-state index contributed by atoms with van der Waals surface area (Å²) in [5.41, 5.74) is 6.81. The highest BCUT2D eigenvalue weighted by atomic mass is 16.5. The summed E-state index contributed by atoms with van der Waals surface area (Å²) in [7, 11) is 6.69. The highest BCUT2D eigenvalue weighted by Crippen LogP contribution is 2.06. The van der Waals surface area contributed by atoms with Gasteiger partial charge in [-0.15, -0.1) is 0 Å². The number of ether oxygens (including phenoxy) is 1. The van der Waals surface area contributed by atoms with Gasteiger partial charge in [-0.05, 0) is 19.9 Å². The predicted octanol–water partition coefficient (Wildman–Crippen LogP) is 0.0273. The highest BCUT2D eigenvalue weighted by Gasteiger charge is 2.13. The van der Waals surface area contributed by atoms with Crippen LogP contribution in [0.1, 0.15) is 35.6 Å². The number of methoxy groups -OCH3 is 1. The monoisotopic (exact) mass is 235 g/mol. The van der Waals surface area contributed by atoms with E-state index in [0.717, 1.165) is 0 Å². The van der Waals surface area contributed by atoms with Crippen molar-refractivity contribution in [1.29, 1.82) is 0 Å². The predicted molar refractivity (Wildman–Crippen MR) is 67.6 cm³/mol. The first-order valence-corrected chi connectivity index (χ1v) is 5.24. The van der Waals surface area contributed by atoms with Crippen molar-refractivity contribution < 1.29 is 9.53 Å². The van der Waals surface area contributed by atoms with E-state index in [2.05, 4.69) is 14.7 Å². The fourth-order valence-corrected chi connectivity index (χ4v) is 0.946. The lowest BCUT2D eigenvalue weighted by atomic mass is 10.1. The summed E-state index contributed by atoms with van der Waals surface area (Å²) in [6, 6.07) is 0.333. The van der Waals surface area contributed by atoms with Gasteiger partial charge in [-0.2, -0.15) is 0 Å². The Kier molecular flexibility index (Phi) is 6.42. The molecule has 0 unspecified atom stereocenters. The lowest BCUT2D eigenvalue weighted by molar-refractivity contribution is 0.0593. The molecule has 0 aliphatic rings. The van der Waals surface area contributed by atoms with Gasteiger partial charge in [0.15, 0.2) is 13.5 Å². The maximum Gasteiger partial charge on any atom is 0.357 e. The molecule has 1 aromatic heterocycles. The van der Waals surface area contributed by atoms with E-state index in [0.29, 0.717) is 17.3 Å². The molecule has 0 amide bonds. The van der Waals surface area contributed by atoms with Crippen LogP contribution in [0.2, 0.25) is 0 Å². The van der Waals surface area contributed by atoms with Crippen LogP contribution in [0.4, 0.5) is 0 Å². The van der Waals surface area contributed by atoms with Crippen molar-refractivity contribution in [3.05, 3.63) is 17.0 Å². The molecule has 0 aliphatic heterocycles. The number of hydrogen-bond donors (Lipinski definition) is 1. The Morgan fingerprint density at radius 1 is 1.35 bits per heavy atom. The molecule has 0 spiro atoms. The maximum absolute atomic E-state index is 11.2. The molecular weight excluding hydrogens is 217 g/mol. The summed E-state index contributed by atoms with van der Waals surface area (Å²) in [5.74, 6) is -0.491. The maximum atomic E-state index is 11.2. The van der Waals surface area contributed by atoms with Gasteiger partial charge in [-0.3, -0.25) is 4.98 Å². The third-order valence-corrected chi connectivity index (χ3v) is 1.79. The average Bonchev–Trinajstić information content (AvgIpc) is 2.21. The largest absolute Gasteiger partial charge is 0.464 e. The SMILES string of the molecule is CC(C)N.[B]c1nc(C)c(C)c(C(=O)OC)n1. The minimum Gasteiger partial charge on any atom is -0.464 e. The normalized spacial score (nSPS) is 9.59. The van der Waals surface area contributed by atoms with Crippen molar-refractivity contribution in [2.75, 3.05) is 7.11 Å². The molecule has 0 aromatic carbocycles. The summed E-state index contributed by atoms with van der Waals surface area (Å²) in [4.78, 5) is 18.9. The third-order valence-electron chi connectivity index (χ3n) is 1.79. The van der Waals surface area contributed by atoms with E-state index in [1.165, 1.54) is 7.11 Å². The zero-order chi connectivity index (χ0) is 13.6. The number of carbonyl (C=O) groups excluding carboxylic acids is 1. The Morgan fingerprint density at radius 2 is 1.82 bits per heavy atom. The molecule has 2 radical (unpaired) electrons. The van der Waals surface area contributed by atoms with E-state index in [1.54, 1.807) is 13.8 Å². The molecule has 17 heavy (non-hydrogen) atoms. The Morgan fingerprint density at radius 3 is 2.24 bits per heavy atom. The zero-order valence-electron chi connectivity index (χ0n) is 10.9. The van der Waals surface area contributed by atoms with Gasteiger partial charge in [0.25, 0.3) is 0 Å². The number of aromatic nitrogens is 2. The molecule has 0 saturated carbocycles. The number of hydrogen-bond acceptors (Lipinski definition) is 5. The molecule has 0 bridgehead atoms. The van der Waals surface area contributed by atoms with Crippen LogP contribution in [0.5, 0.6) is 0 Å². The number of carbonyl (C=O) groups is 1. The van der Waals surface area contributed by atoms with Crippen LogP contribution in [0, 0.1) is 13.8 Å². The molecule has 0 saturated heterocycles. The zero-order valence-corrected chi connectivity index (χ0v) is 10.9. The lowest BCUT2D eigenvalue weighted by Gasteiger charge is -2.06. The Balaban J connectivity index is 0.000000557. The van der Waals surface area contributed by atoms with Gasteiger partial charge in [0.05, 0.1) is 12.8 Å². The molecule has 1 aromatic rings. The Bertz CT molecular complexity index is 392. The molecule has 1 heterocycles. The van der Waals surface area contributed by atoms with Gasteiger partial charge in [0.1, 0.15) is 0 Å². The van der Waals surface area contributed by atoms with Crippen LogP contribution in [0.3, 0.4) is 0 Å². The molecule has 2 N–H and O–H groups in total. The first kappa shape index (κ1) is 15.6. The molecule has 0 atom stereocenters. The van der Waals surface area contributed by atoms with E-state index in [9.17, 15) is 4.79 Å². The third kappa shape index (κ3) is 5.44. The minimum absolute atomic E-state index is 0.0866. The summed E-state index contributed by atoms with van der Waals surface area (Å²) in [6.45, 7) is 7.40. The first-order valence-electron chi connectivity index (χ1n) is 5.24. The van der Waals surface area contributed by atoms with E-state index in [-0.39, 0.29) is 11.4 Å².